The van der Waals surface area contributed by atoms with E-state index < -0.39 is 0 Å². The Morgan fingerprint density at radius 1 is 1.29 bits per heavy atom. The number of anilines is 1. The van der Waals surface area contributed by atoms with Gasteiger partial charge in [-0.25, -0.2) is 0 Å². The summed E-state index contributed by atoms with van der Waals surface area (Å²) in [7, 11) is 0. The van der Waals surface area contributed by atoms with Gasteiger partial charge in [-0.15, -0.1) is 6.42 Å². The molecule has 2 aromatic rings. The Morgan fingerprint density at radius 3 is 3.00 bits per heavy atom. The summed E-state index contributed by atoms with van der Waals surface area (Å²) < 4.78 is 5.57. The van der Waals surface area contributed by atoms with Gasteiger partial charge >= 0.3 is 0 Å². The van der Waals surface area contributed by atoms with Crippen LogP contribution in [0.25, 0.3) is 0 Å². The molecule has 0 amide bonds. The summed E-state index contributed by atoms with van der Waals surface area (Å²) in [6, 6.07) is 14.8. The average molecular weight is 277 g/mol. The van der Waals surface area contributed by atoms with E-state index in [2.05, 4.69) is 42.4 Å². The van der Waals surface area contributed by atoms with E-state index in [0.717, 1.165) is 36.4 Å². The third kappa shape index (κ3) is 2.87. The van der Waals surface area contributed by atoms with Gasteiger partial charge in [0.05, 0.1) is 12.6 Å². The van der Waals surface area contributed by atoms with E-state index in [1.54, 1.807) is 0 Å². The summed E-state index contributed by atoms with van der Waals surface area (Å²) in [6.07, 6.45) is 7.48. The minimum Gasteiger partial charge on any atom is -0.493 e. The second kappa shape index (κ2) is 5.93. The summed E-state index contributed by atoms with van der Waals surface area (Å²) >= 11 is 0. The largest absolute Gasteiger partial charge is 0.493 e. The normalized spacial score (nSPS) is 13.9. The standard InChI is InChI=1S/C19H19NO/c1-3-14-6-5-7-17(12-14)20-18(4-2)15-8-9-19-16(13-15)10-11-21-19/h1,5-9,12-13,18,20H,4,10-11H2,2H3. The lowest BCUT2D eigenvalue weighted by Gasteiger charge is -2.19. The van der Waals surface area contributed by atoms with E-state index in [1.807, 2.05) is 18.2 Å². The fourth-order valence-electron chi connectivity index (χ4n) is 2.74. The van der Waals surface area contributed by atoms with Crippen molar-refractivity contribution in [3.63, 3.8) is 0 Å². The van der Waals surface area contributed by atoms with Crippen LogP contribution in [0.3, 0.4) is 0 Å². The highest BCUT2D eigenvalue weighted by Crippen LogP contribution is 2.30. The van der Waals surface area contributed by atoms with Gasteiger partial charge in [-0.1, -0.05) is 25.0 Å². The Bertz CT molecular complexity index is 684. The highest BCUT2D eigenvalue weighted by Gasteiger charge is 2.16. The molecule has 0 bridgehead atoms. The number of hydrogen-bond acceptors (Lipinski definition) is 2. The van der Waals surface area contributed by atoms with Crippen molar-refractivity contribution in [2.24, 2.45) is 0 Å². The van der Waals surface area contributed by atoms with Crippen molar-refractivity contribution >= 4 is 5.69 Å². The van der Waals surface area contributed by atoms with Crippen molar-refractivity contribution in [1.29, 1.82) is 0 Å². The number of fused-ring (bicyclic) bond motifs is 1. The zero-order valence-electron chi connectivity index (χ0n) is 12.2. The Kier molecular flexibility index (Phi) is 3.83. The second-order valence-corrected chi connectivity index (χ2v) is 5.30. The molecule has 0 aliphatic carbocycles. The van der Waals surface area contributed by atoms with Crippen LogP contribution in [-0.2, 0) is 6.42 Å². The summed E-state index contributed by atoms with van der Waals surface area (Å²) in [6.45, 7) is 2.99. The third-order valence-electron chi connectivity index (χ3n) is 3.89. The molecule has 21 heavy (non-hydrogen) atoms. The first-order valence-electron chi connectivity index (χ1n) is 7.39. The van der Waals surface area contributed by atoms with Gasteiger partial charge in [-0.3, -0.25) is 0 Å². The number of rotatable bonds is 4. The van der Waals surface area contributed by atoms with Gasteiger partial charge in [0.2, 0.25) is 0 Å². The lowest BCUT2D eigenvalue weighted by Crippen LogP contribution is -2.10. The quantitative estimate of drug-likeness (QED) is 0.847. The fourth-order valence-corrected chi connectivity index (χ4v) is 2.74. The Labute approximate surface area is 126 Å². The number of benzene rings is 2. The molecule has 1 atom stereocenters. The van der Waals surface area contributed by atoms with Crippen molar-refractivity contribution < 1.29 is 4.74 Å². The van der Waals surface area contributed by atoms with Gasteiger partial charge in [0, 0.05) is 17.7 Å². The molecule has 1 N–H and O–H groups in total. The molecular formula is C19H19NO. The Hall–Kier alpha value is -2.40. The summed E-state index contributed by atoms with van der Waals surface area (Å²) in [5, 5.41) is 3.57. The fraction of sp³-hybridized carbons (Fsp3) is 0.263. The van der Waals surface area contributed by atoms with Crippen molar-refractivity contribution in [2.75, 3.05) is 11.9 Å². The maximum absolute atomic E-state index is 5.57. The molecule has 1 unspecified atom stereocenters. The minimum atomic E-state index is 0.281. The molecule has 0 aromatic heterocycles. The van der Waals surface area contributed by atoms with Crippen LogP contribution in [-0.4, -0.2) is 6.61 Å². The van der Waals surface area contributed by atoms with Crippen LogP contribution in [0.4, 0.5) is 5.69 Å². The minimum absolute atomic E-state index is 0.281. The molecule has 0 radical (unpaired) electrons. The van der Waals surface area contributed by atoms with Gasteiger partial charge in [0.25, 0.3) is 0 Å². The maximum atomic E-state index is 5.57. The van der Waals surface area contributed by atoms with E-state index in [-0.39, 0.29) is 6.04 Å². The molecule has 0 saturated heterocycles. The van der Waals surface area contributed by atoms with Crippen molar-refractivity contribution in [3.8, 4) is 18.1 Å². The third-order valence-corrected chi connectivity index (χ3v) is 3.89. The van der Waals surface area contributed by atoms with Crippen LogP contribution in [0, 0.1) is 12.3 Å². The number of nitrogens with one attached hydrogen (secondary N) is 1. The predicted octanol–water partition coefficient (Wildman–Crippen LogP) is 4.17. The molecule has 1 aliphatic heterocycles. The summed E-state index contributed by atoms with van der Waals surface area (Å²) in [4.78, 5) is 0. The Morgan fingerprint density at radius 2 is 2.19 bits per heavy atom. The highest BCUT2D eigenvalue weighted by molar-refractivity contribution is 5.52. The van der Waals surface area contributed by atoms with Gasteiger partial charge in [-0.05, 0) is 47.9 Å². The molecule has 0 saturated carbocycles. The van der Waals surface area contributed by atoms with E-state index in [1.165, 1.54) is 11.1 Å². The van der Waals surface area contributed by atoms with Crippen molar-refractivity contribution in [3.05, 3.63) is 59.2 Å². The van der Waals surface area contributed by atoms with E-state index in [9.17, 15) is 0 Å². The first kappa shape index (κ1) is 13.6. The smallest absolute Gasteiger partial charge is 0.122 e. The van der Waals surface area contributed by atoms with Crippen LogP contribution < -0.4 is 10.1 Å². The molecule has 0 fully saturated rings. The van der Waals surface area contributed by atoms with Gasteiger partial charge in [-0.2, -0.15) is 0 Å². The first-order valence-corrected chi connectivity index (χ1v) is 7.39. The van der Waals surface area contributed by atoms with Crippen LogP contribution in [0.1, 0.15) is 36.1 Å². The molecule has 0 spiro atoms. The molecule has 106 valence electrons. The number of terminal acetylenes is 1. The monoisotopic (exact) mass is 277 g/mol. The van der Waals surface area contributed by atoms with E-state index in [0.29, 0.717) is 0 Å². The SMILES string of the molecule is C#Cc1cccc(NC(CC)c2ccc3c(c2)CCO3)c1. The molecular weight excluding hydrogens is 258 g/mol. The molecule has 2 nitrogen and oxygen atoms in total. The van der Waals surface area contributed by atoms with Crippen molar-refractivity contribution in [1.82, 2.24) is 0 Å². The Balaban J connectivity index is 1.83. The predicted molar refractivity (Wildman–Crippen MR) is 86.7 cm³/mol. The van der Waals surface area contributed by atoms with Crippen LogP contribution in [0.5, 0.6) is 5.75 Å². The first-order chi connectivity index (χ1) is 10.3. The lowest BCUT2D eigenvalue weighted by atomic mass is 10.0. The zero-order chi connectivity index (χ0) is 14.7. The van der Waals surface area contributed by atoms with Crippen LogP contribution >= 0.6 is 0 Å². The zero-order valence-corrected chi connectivity index (χ0v) is 12.2. The molecule has 2 heteroatoms. The second-order valence-electron chi connectivity index (χ2n) is 5.30. The topological polar surface area (TPSA) is 21.3 Å². The van der Waals surface area contributed by atoms with Gasteiger partial charge in [0.1, 0.15) is 5.75 Å². The van der Waals surface area contributed by atoms with E-state index in [4.69, 9.17) is 11.2 Å². The average Bonchev–Trinajstić information content (AvgIpc) is 3.00. The molecule has 1 heterocycles. The molecule has 2 aromatic carbocycles. The lowest BCUT2D eigenvalue weighted by molar-refractivity contribution is 0.357. The van der Waals surface area contributed by atoms with Gasteiger partial charge < -0.3 is 10.1 Å². The van der Waals surface area contributed by atoms with E-state index >= 15 is 0 Å². The van der Waals surface area contributed by atoms with Gasteiger partial charge in [0.15, 0.2) is 0 Å². The maximum Gasteiger partial charge on any atom is 0.122 e. The summed E-state index contributed by atoms with van der Waals surface area (Å²) in [5.41, 5.74) is 4.57. The number of ether oxygens (including phenoxy) is 1. The van der Waals surface area contributed by atoms with Crippen LogP contribution in [0.15, 0.2) is 42.5 Å². The van der Waals surface area contributed by atoms with Crippen LogP contribution in [0.2, 0.25) is 0 Å². The highest BCUT2D eigenvalue weighted by atomic mass is 16.5. The molecule has 1 aliphatic rings. The number of hydrogen-bond donors (Lipinski definition) is 1. The van der Waals surface area contributed by atoms with Crippen molar-refractivity contribution in [2.45, 2.75) is 25.8 Å². The molecule has 3 rings (SSSR count). The summed E-state index contributed by atoms with van der Waals surface area (Å²) in [5.74, 6) is 3.71.